The number of ether oxygens (including phenoxy) is 1. The van der Waals surface area contributed by atoms with Gasteiger partial charge in [-0.1, -0.05) is 6.07 Å². The molecule has 1 aromatic heterocycles. The molecule has 0 radical (unpaired) electrons. The van der Waals surface area contributed by atoms with Gasteiger partial charge in [0.1, 0.15) is 6.23 Å². The van der Waals surface area contributed by atoms with E-state index in [1.807, 2.05) is 19.1 Å². The molecule has 1 heterocycles. The molecule has 7 heteroatoms. The molecule has 0 aliphatic carbocycles. The Kier molecular flexibility index (Phi) is 5.74. The molecule has 104 valence electrons. The first-order valence-electron chi connectivity index (χ1n) is 5.83. The van der Waals surface area contributed by atoms with Crippen molar-refractivity contribution in [3.8, 4) is 0 Å². The predicted molar refractivity (Wildman–Crippen MR) is 72.4 cm³/mol. The highest BCUT2D eigenvalue weighted by atomic mass is 16.5. The topological polar surface area (TPSA) is 102 Å². The van der Waals surface area contributed by atoms with Gasteiger partial charge in [0.2, 0.25) is 5.96 Å². The van der Waals surface area contributed by atoms with Crippen LogP contribution in [0.3, 0.4) is 0 Å². The molecule has 0 saturated heterocycles. The minimum absolute atomic E-state index is 0.256. The first-order valence-corrected chi connectivity index (χ1v) is 5.83. The molecule has 7 nitrogen and oxygen atoms in total. The molecule has 0 bridgehead atoms. The van der Waals surface area contributed by atoms with Crippen LogP contribution in [0.25, 0.3) is 0 Å². The molecule has 0 saturated carbocycles. The standard InChI is InChI=1S/C12H19N5O2/c1-8-5-4-6-14-10(8)7-15-12(17-11(13)18)16-9(2)19-3/h4-6,9H,7H2,1-3H3,(H4,13,15,16,17,18). The zero-order chi connectivity index (χ0) is 14.3. The molecule has 4 N–H and O–H groups in total. The van der Waals surface area contributed by atoms with Gasteiger partial charge in [-0.05, 0) is 25.5 Å². The van der Waals surface area contributed by atoms with Gasteiger partial charge in [0.15, 0.2) is 0 Å². The molecule has 0 spiro atoms. The first-order chi connectivity index (χ1) is 9.02. The Morgan fingerprint density at radius 2 is 2.37 bits per heavy atom. The lowest BCUT2D eigenvalue weighted by Gasteiger charge is -2.15. The van der Waals surface area contributed by atoms with Crippen LogP contribution in [-0.2, 0) is 11.3 Å². The van der Waals surface area contributed by atoms with Crippen LogP contribution in [0.4, 0.5) is 4.79 Å². The zero-order valence-corrected chi connectivity index (χ0v) is 11.3. The van der Waals surface area contributed by atoms with Gasteiger partial charge >= 0.3 is 6.03 Å². The van der Waals surface area contributed by atoms with E-state index in [-0.39, 0.29) is 12.2 Å². The SMILES string of the molecule is COC(C)NC(=NCc1ncccc1C)NC(N)=O. The number of carbonyl (C=O) groups is 1. The van der Waals surface area contributed by atoms with Crippen LogP contribution >= 0.6 is 0 Å². The highest BCUT2D eigenvalue weighted by Gasteiger charge is 2.06. The van der Waals surface area contributed by atoms with E-state index in [1.165, 1.54) is 0 Å². The van der Waals surface area contributed by atoms with E-state index < -0.39 is 6.03 Å². The number of primary amides is 1. The van der Waals surface area contributed by atoms with Crippen LogP contribution in [0.1, 0.15) is 18.2 Å². The summed E-state index contributed by atoms with van der Waals surface area (Å²) in [4.78, 5) is 19.3. The van der Waals surface area contributed by atoms with Crippen LogP contribution in [0, 0.1) is 6.92 Å². The summed E-state index contributed by atoms with van der Waals surface area (Å²) in [5, 5.41) is 5.28. The molecular weight excluding hydrogens is 246 g/mol. The number of nitrogens with two attached hydrogens (primary N) is 1. The maximum absolute atomic E-state index is 10.9. The number of pyridine rings is 1. The monoisotopic (exact) mass is 265 g/mol. The van der Waals surface area contributed by atoms with E-state index in [4.69, 9.17) is 10.5 Å². The van der Waals surface area contributed by atoms with Crippen molar-refractivity contribution in [1.82, 2.24) is 15.6 Å². The Morgan fingerprint density at radius 3 is 2.95 bits per heavy atom. The number of rotatable bonds is 4. The lowest BCUT2D eigenvalue weighted by atomic mass is 10.2. The summed E-state index contributed by atoms with van der Waals surface area (Å²) < 4.78 is 5.04. The molecule has 0 aliphatic rings. The smallest absolute Gasteiger partial charge is 0.318 e. The van der Waals surface area contributed by atoms with E-state index in [2.05, 4.69) is 20.6 Å². The van der Waals surface area contributed by atoms with Gasteiger partial charge in [-0.3, -0.25) is 10.3 Å². The quantitative estimate of drug-likeness (QED) is 0.419. The predicted octanol–water partition coefficient (Wildman–Crippen LogP) is 0.496. The third-order valence-corrected chi connectivity index (χ3v) is 2.44. The largest absolute Gasteiger partial charge is 0.362 e. The van der Waals surface area contributed by atoms with Gasteiger partial charge in [-0.25, -0.2) is 9.79 Å². The number of nitrogens with one attached hydrogen (secondary N) is 2. The summed E-state index contributed by atoms with van der Waals surface area (Å²) in [6.45, 7) is 4.07. The van der Waals surface area contributed by atoms with Crippen molar-refractivity contribution in [2.75, 3.05) is 7.11 Å². The molecule has 19 heavy (non-hydrogen) atoms. The van der Waals surface area contributed by atoms with E-state index in [9.17, 15) is 4.79 Å². The summed E-state index contributed by atoms with van der Waals surface area (Å²) in [6.07, 6.45) is 1.40. The Morgan fingerprint density at radius 1 is 1.63 bits per heavy atom. The number of carbonyl (C=O) groups excluding carboxylic acids is 1. The summed E-state index contributed by atoms with van der Waals surface area (Å²) in [7, 11) is 1.54. The van der Waals surface area contributed by atoms with Crippen molar-refractivity contribution in [3.63, 3.8) is 0 Å². The lowest BCUT2D eigenvalue weighted by Crippen LogP contribution is -2.47. The van der Waals surface area contributed by atoms with Gasteiger partial charge in [0.25, 0.3) is 0 Å². The van der Waals surface area contributed by atoms with Crippen molar-refractivity contribution < 1.29 is 9.53 Å². The Hall–Kier alpha value is -2.15. The summed E-state index contributed by atoms with van der Waals surface area (Å²) in [5.74, 6) is 0.256. The van der Waals surface area contributed by atoms with Crippen LogP contribution in [0.5, 0.6) is 0 Å². The molecule has 0 fully saturated rings. The highest BCUT2D eigenvalue weighted by Crippen LogP contribution is 2.04. The number of guanidine groups is 1. The maximum Gasteiger partial charge on any atom is 0.318 e. The second kappa shape index (κ2) is 7.32. The number of methoxy groups -OCH3 is 1. The Labute approximate surface area is 112 Å². The number of amides is 2. The zero-order valence-electron chi connectivity index (χ0n) is 11.3. The molecule has 2 amide bonds. The minimum Gasteiger partial charge on any atom is -0.362 e. The van der Waals surface area contributed by atoms with E-state index >= 15 is 0 Å². The second-order valence-electron chi connectivity index (χ2n) is 3.94. The third-order valence-electron chi connectivity index (χ3n) is 2.44. The van der Waals surface area contributed by atoms with Gasteiger partial charge in [0, 0.05) is 13.3 Å². The fourth-order valence-electron chi connectivity index (χ4n) is 1.33. The molecule has 0 aromatic carbocycles. The number of aromatic nitrogens is 1. The van der Waals surface area contributed by atoms with Gasteiger partial charge in [-0.2, -0.15) is 0 Å². The van der Waals surface area contributed by atoms with Crippen molar-refractivity contribution in [2.24, 2.45) is 10.7 Å². The number of urea groups is 1. The number of nitrogens with zero attached hydrogens (tertiary/aromatic N) is 2. The van der Waals surface area contributed by atoms with Gasteiger partial charge < -0.3 is 15.8 Å². The van der Waals surface area contributed by atoms with Crippen LogP contribution in [0.2, 0.25) is 0 Å². The van der Waals surface area contributed by atoms with E-state index in [1.54, 1.807) is 20.2 Å². The van der Waals surface area contributed by atoms with Crippen molar-refractivity contribution in [1.29, 1.82) is 0 Å². The van der Waals surface area contributed by atoms with Gasteiger partial charge in [-0.15, -0.1) is 0 Å². The summed E-state index contributed by atoms with van der Waals surface area (Å²) in [6, 6.07) is 3.12. The number of aliphatic imine (C=N–C) groups is 1. The van der Waals surface area contributed by atoms with Gasteiger partial charge in [0.05, 0.1) is 12.2 Å². The van der Waals surface area contributed by atoms with E-state index in [0.717, 1.165) is 11.3 Å². The average molecular weight is 265 g/mol. The fourth-order valence-corrected chi connectivity index (χ4v) is 1.33. The minimum atomic E-state index is -0.688. The molecule has 1 aromatic rings. The first kappa shape index (κ1) is 14.9. The summed E-state index contributed by atoms with van der Waals surface area (Å²) in [5.41, 5.74) is 6.95. The van der Waals surface area contributed by atoms with Crippen molar-refractivity contribution >= 4 is 12.0 Å². The highest BCUT2D eigenvalue weighted by molar-refractivity contribution is 5.95. The van der Waals surface area contributed by atoms with Crippen LogP contribution < -0.4 is 16.4 Å². The summed E-state index contributed by atoms with van der Waals surface area (Å²) >= 11 is 0. The average Bonchev–Trinajstić information content (AvgIpc) is 2.36. The maximum atomic E-state index is 10.9. The van der Waals surface area contributed by atoms with Crippen LogP contribution in [0.15, 0.2) is 23.3 Å². The number of hydrogen-bond donors (Lipinski definition) is 3. The van der Waals surface area contributed by atoms with Crippen molar-refractivity contribution in [2.45, 2.75) is 26.6 Å². The molecule has 1 unspecified atom stereocenters. The van der Waals surface area contributed by atoms with Crippen molar-refractivity contribution in [3.05, 3.63) is 29.6 Å². The Bertz CT molecular complexity index is 461. The molecule has 0 aliphatic heterocycles. The molecule has 1 atom stereocenters. The van der Waals surface area contributed by atoms with E-state index in [0.29, 0.717) is 6.54 Å². The Balaban J connectivity index is 2.76. The lowest BCUT2D eigenvalue weighted by molar-refractivity contribution is 0.106. The number of hydrogen-bond acceptors (Lipinski definition) is 4. The van der Waals surface area contributed by atoms with Crippen LogP contribution in [-0.4, -0.2) is 30.3 Å². The normalized spacial score (nSPS) is 12.9. The second-order valence-corrected chi connectivity index (χ2v) is 3.94. The number of aryl methyl sites for hydroxylation is 1. The molecule has 1 rings (SSSR count). The third kappa shape index (κ3) is 5.35. The molecular formula is C12H19N5O2. The fraction of sp³-hybridized carbons (Fsp3) is 0.417.